The number of fused-ring (bicyclic) bond motifs is 1. The largest absolute Gasteiger partial charge is 0.376 e. The molecule has 3 rings (SSSR count). The van der Waals surface area contributed by atoms with Gasteiger partial charge in [0.1, 0.15) is 0 Å². The molecule has 0 amide bonds. The number of para-hydroxylation sites is 1. The van der Waals surface area contributed by atoms with E-state index in [4.69, 9.17) is 4.74 Å². The van der Waals surface area contributed by atoms with Gasteiger partial charge in [0.05, 0.1) is 21.9 Å². The van der Waals surface area contributed by atoms with Crippen molar-refractivity contribution >= 4 is 26.7 Å². The Morgan fingerprint density at radius 3 is 3.00 bits per heavy atom. The number of benzene rings is 1. The molecular formula is C13H16N2OS. The van der Waals surface area contributed by atoms with Gasteiger partial charge in [-0.25, -0.2) is 4.98 Å². The van der Waals surface area contributed by atoms with Gasteiger partial charge in [0.25, 0.3) is 0 Å². The number of rotatable bonds is 2. The second-order valence-electron chi connectivity index (χ2n) is 4.79. The molecule has 1 aliphatic rings. The molecule has 1 aromatic carbocycles. The summed E-state index contributed by atoms with van der Waals surface area (Å²) in [6, 6.07) is 8.23. The minimum atomic E-state index is 0.00781. The van der Waals surface area contributed by atoms with E-state index in [1.807, 2.05) is 18.2 Å². The van der Waals surface area contributed by atoms with Crippen LogP contribution >= 0.6 is 11.3 Å². The van der Waals surface area contributed by atoms with Crippen molar-refractivity contribution in [3.05, 3.63) is 24.3 Å². The molecular weight excluding hydrogens is 232 g/mol. The molecule has 2 aromatic rings. The zero-order chi connectivity index (χ0) is 11.9. The van der Waals surface area contributed by atoms with Crippen molar-refractivity contribution in [3.63, 3.8) is 0 Å². The Morgan fingerprint density at radius 2 is 2.29 bits per heavy atom. The van der Waals surface area contributed by atoms with E-state index >= 15 is 0 Å². The maximum Gasteiger partial charge on any atom is 0.184 e. The van der Waals surface area contributed by atoms with Gasteiger partial charge in [-0.1, -0.05) is 23.5 Å². The molecule has 0 bridgehead atoms. The number of aromatic nitrogens is 1. The predicted octanol–water partition coefficient (Wildman–Crippen LogP) is 3.28. The first-order valence-electron chi connectivity index (χ1n) is 5.93. The first-order valence-corrected chi connectivity index (χ1v) is 6.74. The molecule has 1 N–H and O–H groups in total. The minimum Gasteiger partial charge on any atom is -0.376 e. The van der Waals surface area contributed by atoms with Crippen LogP contribution in [0.2, 0.25) is 0 Å². The SMILES string of the molecule is CC1OCCC1(C)Nc1nc2ccccc2s1. The number of anilines is 1. The lowest BCUT2D eigenvalue weighted by Crippen LogP contribution is -2.41. The maximum atomic E-state index is 5.63. The molecule has 0 spiro atoms. The van der Waals surface area contributed by atoms with Gasteiger partial charge in [-0.05, 0) is 32.4 Å². The van der Waals surface area contributed by atoms with Crippen molar-refractivity contribution in [3.8, 4) is 0 Å². The third-order valence-corrected chi connectivity index (χ3v) is 4.52. The smallest absolute Gasteiger partial charge is 0.184 e. The maximum absolute atomic E-state index is 5.63. The molecule has 1 aliphatic heterocycles. The highest BCUT2D eigenvalue weighted by Crippen LogP contribution is 2.33. The fraction of sp³-hybridized carbons (Fsp3) is 0.462. The summed E-state index contributed by atoms with van der Waals surface area (Å²) in [5.74, 6) is 0. The molecule has 0 aliphatic carbocycles. The molecule has 2 heterocycles. The van der Waals surface area contributed by atoms with Crippen LogP contribution in [0.15, 0.2) is 24.3 Å². The van der Waals surface area contributed by atoms with Crippen LogP contribution in [0, 0.1) is 0 Å². The van der Waals surface area contributed by atoms with Crippen LogP contribution in [0.4, 0.5) is 5.13 Å². The van der Waals surface area contributed by atoms with Crippen molar-refractivity contribution in [2.45, 2.75) is 31.9 Å². The topological polar surface area (TPSA) is 34.1 Å². The molecule has 0 saturated carbocycles. The number of hydrogen-bond donors (Lipinski definition) is 1. The Hall–Kier alpha value is -1.13. The van der Waals surface area contributed by atoms with Gasteiger partial charge in [0, 0.05) is 6.61 Å². The van der Waals surface area contributed by atoms with E-state index in [0.29, 0.717) is 0 Å². The summed E-state index contributed by atoms with van der Waals surface area (Å²) < 4.78 is 6.86. The number of thiazole rings is 1. The van der Waals surface area contributed by atoms with Gasteiger partial charge in [0.2, 0.25) is 0 Å². The lowest BCUT2D eigenvalue weighted by Gasteiger charge is -2.28. The Balaban J connectivity index is 1.89. The van der Waals surface area contributed by atoms with Crippen LogP contribution in [0.25, 0.3) is 10.2 Å². The number of nitrogens with one attached hydrogen (secondary N) is 1. The highest BCUT2D eigenvalue weighted by atomic mass is 32.1. The quantitative estimate of drug-likeness (QED) is 0.885. The van der Waals surface area contributed by atoms with E-state index in [1.54, 1.807) is 11.3 Å². The number of ether oxygens (including phenoxy) is 1. The van der Waals surface area contributed by atoms with Crippen molar-refractivity contribution in [2.24, 2.45) is 0 Å². The molecule has 4 heteroatoms. The second-order valence-corrected chi connectivity index (χ2v) is 5.82. The Morgan fingerprint density at radius 1 is 1.47 bits per heavy atom. The van der Waals surface area contributed by atoms with E-state index in [1.165, 1.54) is 4.70 Å². The molecule has 17 heavy (non-hydrogen) atoms. The molecule has 2 unspecified atom stereocenters. The molecule has 3 nitrogen and oxygen atoms in total. The van der Waals surface area contributed by atoms with Crippen molar-refractivity contribution in [1.29, 1.82) is 0 Å². The summed E-state index contributed by atoms with van der Waals surface area (Å²) in [5, 5.41) is 4.53. The van der Waals surface area contributed by atoms with Gasteiger partial charge in [-0.2, -0.15) is 0 Å². The summed E-state index contributed by atoms with van der Waals surface area (Å²) >= 11 is 1.71. The summed E-state index contributed by atoms with van der Waals surface area (Å²) in [4.78, 5) is 4.61. The van der Waals surface area contributed by atoms with Crippen molar-refractivity contribution < 1.29 is 4.74 Å². The Kier molecular flexibility index (Phi) is 2.56. The van der Waals surface area contributed by atoms with Gasteiger partial charge in [0.15, 0.2) is 5.13 Å². The van der Waals surface area contributed by atoms with Crippen LogP contribution in [0.1, 0.15) is 20.3 Å². The van der Waals surface area contributed by atoms with E-state index in [-0.39, 0.29) is 11.6 Å². The zero-order valence-electron chi connectivity index (χ0n) is 10.1. The molecule has 1 saturated heterocycles. The summed E-state index contributed by atoms with van der Waals surface area (Å²) in [6.45, 7) is 5.15. The van der Waals surface area contributed by atoms with E-state index in [9.17, 15) is 0 Å². The van der Waals surface area contributed by atoms with E-state index in [2.05, 4.69) is 30.2 Å². The fourth-order valence-electron chi connectivity index (χ4n) is 2.17. The van der Waals surface area contributed by atoms with Crippen LogP contribution in [-0.2, 0) is 4.74 Å². The fourth-order valence-corrected chi connectivity index (χ4v) is 3.17. The van der Waals surface area contributed by atoms with Crippen molar-refractivity contribution in [2.75, 3.05) is 11.9 Å². The summed E-state index contributed by atoms with van der Waals surface area (Å²) in [6.07, 6.45) is 1.26. The molecule has 1 aromatic heterocycles. The first kappa shape index (κ1) is 11.0. The van der Waals surface area contributed by atoms with Crippen LogP contribution in [0.5, 0.6) is 0 Å². The van der Waals surface area contributed by atoms with Gasteiger partial charge >= 0.3 is 0 Å². The molecule has 2 atom stereocenters. The Labute approximate surface area is 105 Å². The van der Waals surface area contributed by atoms with Crippen LogP contribution < -0.4 is 5.32 Å². The Bertz CT molecular complexity index is 506. The van der Waals surface area contributed by atoms with Crippen LogP contribution in [0.3, 0.4) is 0 Å². The highest BCUT2D eigenvalue weighted by molar-refractivity contribution is 7.22. The average Bonchev–Trinajstić information content (AvgIpc) is 2.83. The van der Waals surface area contributed by atoms with Gasteiger partial charge in [-0.15, -0.1) is 0 Å². The minimum absolute atomic E-state index is 0.00781. The van der Waals surface area contributed by atoms with Gasteiger partial charge < -0.3 is 10.1 Å². The monoisotopic (exact) mass is 248 g/mol. The number of hydrogen-bond acceptors (Lipinski definition) is 4. The number of nitrogens with zero attached hydrogens (tertiary/aromatic N) is 1. The third-order valence-electron chi connectivity index (χ3n) is 3.57. The first-order chi connectivity index (χ1) is 8.17. The summed E-state index contributed by atoms with van der Waals surface area (Å²) in [7, 11) is 0. The summed E-state index contributed by atoms with van der Waals surface area (Å²) in [5.41, 5.74) is 1.07. The van der Waals surface area contributed by atoms with E-state index < -0.39 is 0 Å². The third kappa shape index (κ3) is 1.91. The highest BCUT2D eigenvalue weighted by Gasteiger charge is 2.37. The lowest BCUT2D eigenvalue weighted by molar-refractivity contribution is 0.105. The van der Waals surface area contributed by atoms with Gasteiger partial charge in [-0.3, -0.25) is 0 Å². The normalized spacial score (nSPS) is 28.7. The zero-order valence-corrected chi connectivity index (χ0v) is 10.9. The predicted molar refractivity (Wildman–Crippen MR) is 71.7 cm³/mol. The molecule has 0 radical (unpaired) electrons. The van der Waals surface area contributed by atoms with E-state index in [0.717, 1.165) is 23.7 Å². The van der Waals surface area contributed by atoms with Crippen LogP contribution in [-0.4, -0.2) is 23.2 Å². The second kappa shape index (κ2) is 3.96. The lowest BCUT2D eigenvalue weighted by atomic mass is 9.95. The van der Waals surface area contributed by atoms with Crippen molar-refractivity contribution in [1.82, 2.24) is 4.98 Å². The average molecular weight is 248 g/mol. The standard InChI is InChI=1S/C13H16N2OS/c1-9-13(2,7-8-16-9)15-12-14-10-5-3-4-6-11(10)17-12/h3-6,9H,7-8H2,1-2H3,(H,14,15). The molecule has 90 valence electrons. The molecule has 1 fully saturated rings.